The number of amides is 2. The van der Waals surface area contributed by atoms with Crippen molar-refractivity contribution in [3.05, 3.63) is 0 Å². The van der Waals surface area contributed by atoms with Crippen LogP contribution in [0.1, 0.15) is 13.8 Å². The van der Waals surface area contributed by atoms with E-state index in [9.17, 15) is 18.0 Å². The number of hydrogen-bond donors (Lipinski definition) is 2. The molecule has 0 aliphatic rings. The maximum absolute atomic E-state index is 11.5. The molecule has 0 saturated heterocycles. The van der Waals surface area contributed by atoms with Gasteiger partial charge < -0.3 is 5.32 Å². The first-order valence-corrected chi connectivity index (χ1v) is 3.44. The molecule has 0 unspecified atom stereocenters. The molecular weight excluding hydrogens is 173 g/mol. The lowest BCUT2D eigenvalue weighted by molar-refractivity contribution is -0.145. The van der Waals surface area contributed by atoms with Gasteiger partial charge in [0.2, 0.25) is 0 Å². The van der Waals surface area contributed by atoms with Gasteiger partial charge in [-0.15, -0.1) is 0 Å². The number of nitrogens with one attached hydrogen (secondary N) is 2. The van der Waals surface area contributed by atoms with Crippen LogP contribution in [0.5, 0.6) is 0 Å². The third kappa shape index (κ3) is 7.17. The van der Waals surface area contributed by atoms with Crippen LogP contribution in [0.15, 0.2) is 0 Å². The Morgan fingerprint density at radius 1 is 1.42 bits per heavy atom. The fourth-order valence-electron chi connectivity index (χ4n) is 0.470. The van der Waals surface area contributed by atoms with Gasteiger partial charge in [0.05, 0.1) is 0 Å². The number of carbonyl (C=O) groups excluding carboxylic acids is 1. The van der Waals surface area contributed by atoms with Gasteiger partial charge in [-0.1, -0.05) is 13.8 Å². The fraction of sp³-hybridized carbons (Fsp3) is 0.833. The molecule has 0 heterocycles. The highest BCUT2D eigenvalue weighted by atomic mass is 19.4. The van der Waals surface area contributed by atoms with E-state index in [1.54, 1.807) is 13.8 Å². The topological polar surface area (TPSA) is 41.1 Å². The van der Waals surface area contributed by atoms with E-state index in [1.807, 2.05) is 0 Å². The molecule has 3 nitrogen and oxygen atoms in total. The molecule has 0 fully saturated rings. The van der Waals surface area contributed by atoms with Crippen molar-refractivity contribution in [3.8, 4) is 0 Å². The Balaban J connectivity index is 3.61. The minimum absolute atomic E-state index is 0.129. The van der Waals surface area contributed by atoms with Crippen LogP contribution in [0.25, 0.3) is 0 Å². The Bertz CT molecular complexity index is 155. The van der Waals surface area contributed by atoms with Crippen molar-refractivity contribution >= 4 is 6.03 Å². The highest BCUT2D eigenvalue weighted by Crippen LogP contribution is 2.08. The van der Waals surface area contributed by atoms with Gasteiger partial charge in [0.15, 0.2) is 0 Å². The zero-order chi connectivity index (χ0) is 9.78. The Kier molecular flexibility index (Phi) is 3.85. The van der Waals surface area contributed by atoms with Crippen LogP contribution in [0, 0.1) is 5.92 Å². The van der Waals surface area contributed by atoms with Gasteiger partial charge in [-0.05, 0) is 5.92 Å². The van der Waals surface area contributed by atoms with Gasteiger partial charge >= 0.3 is 12.3 Å². The lowest BCUT2D eigenvalue weighted by Gasteiger charge is -2.10. The van der Waals surface area contributed by atoms with Crippen LogP contribution < -0.4 is 10.6 Å². The molecular formula is C6H11F3N2O. The number of urea groups is 1. The minimum atomic E-state index is -4.65. The van der Waals surface area contributed by atoms with Crippen LogP contribution in [-0.4, -0.2) is 18.9 Å². The summed E-state index contributed by atoms with van der Waals surface area (Å²) in [4.78, 5) is 10.4. The quantitative estimate of drug-likeness (QED) is 0.627. The standard InChI is InChI=1S/C6H11F3N2O/c1-4(2)3-10-5(12)11-6(7,8)9/h4H,3H2,1-2H3,(H2,10,11,12). The van der Waals surface area contributed by atoms with Crippen LogP contribution in [0.3, 0.4) is 0 Å². The molecule has 0 radical (unpaired) electrons. The van der Waals surface area contributed by atoms with Gasteiger partial charge in [0, 0.05) is 6.54 Å². The van der Waals surface area contributed by atoms with Gasteiger partial charge in [-0.25, -0.2) is 10.1 Å². The summed E-state index contributed by atoms with van der Waals surface area (Å²) in [7, 11) is 0. The molecule has 0 aliphatic carbocycles. The number of rotatable bonds is 2. The molecule has 0 saturated carbocycles. The lowest BCUT2D eigenvalue weighted by Crippen LogP contribution is -2.45. The van der Waals surface area contributed by atoms with Crippen LogP contribution in [-0.2, 0) is 0 Å². The van der Waals surface area contributed by atoms with Crippen molar-refractivity contribution in [3.63, 3.8) is 0 Å². The van der Waals surface area contributed by atoms with Gasteiger partial charge in [0.25, 0.3) is 0 Å². The summed E-state index contributed by atoms with van der Waals surface area (Å²) >= 11 is 0. The van der Waals surface area contributed by atoms with Crippen molar-refractivity contribution in [2.75, 3.05) is 6.54 Å². The molecule has 0 bridgehead atoms. The first-order chi connectivity index (χ1) is 5.31. The molecule has 0 aromatic carbocycles. The Labute approximate surface area is 68.3 Å². The molecule has 12 heavy (non-hydrogen) atoms. The average Bonchev–Trinajstić information content (AvgIpc) is 1.79. The summed E-state index contributed by atoms with van der Waals surface area (Å²) in [5, 5.41) is 2.89. The zero-order valence-electron chi connectivity index (χ0n) is 6.83. The third-order valence-electron chi connectivity index (χ3n) is 0.926. The summed E-state index contributed by atoms with van der Waals surface area (Å²) in [5.74, 6) is 0.129. The number of hydrogen-bond acceptors (Lipinski definition) is 1. The molecule has 2 amide bonds. The first kappa shape index (κ1) is 11.1. The second-order valence-corrected chi connectivity index (χ2v) is 2.73. The molecule has 6 heteroatoms. The molecule has 0 aromatic heterocycles. The maximum atomic E-state index is 11.5. The van der Waals surface area contributed by atoms with E-state index in [0.717, 1.165) is 5.32 Å². The number of alkyl halides is 3. The second kappa shape index (κ2) is 4.18. The minimum Gasteiger partial charge on any atom is -0.338 e. The summed E-state index contributed by atoms with van der Waals surface area (Å²) in [6.07, 6.45) is -4.65. The average molecular weight is 184 g/mol. The van der Waals surface area contributed by atoms with E-state index in [0.29, 0.717) is 0 Å². The predicted octanol–water partition coefficient (Wildman–Crippen LogP) is 1.46. The van der Waals surface area contributed by atoms with Gasteiger partial charge in [0.1, 0.15) is 0 Å². The van der Waals surface area contributed by atoms with E-state index in [1.165, 1.54) is 0 Å². The van der Waals surface area contributed by atoms with Gasteiger partial charge in [-0.2, -0.15) is 13.2 Å². The number of halogens is 3. The SMILES string of the molecule is CC(C)CNC(=O)NC(F)(F)F. The second-order valence-electron chi connectivity index (χ2n) is 2.73. The molecule has 72 valence electrons. The Morgan fingerprint density at radius 3 is 2.25 bits per heavy atom. The van der Waals surface area contributed by atoms with E-state index >= 15 is 0 Å². The number of carbonyl (C=O) groups is 1. The maximum Gasteiger partial charge on any atom is 0.485 e. The summed E-state index contributed by atoms with van der Waals surface area (Å²) in [5.41, 5.74) is 0. The Morgan fingerprint density at radius 2 is 1.92 bits per heavy atom. The molecule has 0 aromatic rings. The summed E-state index contributed by atoms with van der Waals surface area (Å²) < 4.78 is 34.4. The highest BCUT2D eigenvalue weighted by molar-refractivity contribution is 5.74. The summed E-state index contributed by atoms with van der Waals surface area (Å²) in [6, 6.07) is -1.21. The van der Waals surface area contributed by atoms with E-state index in [2.05, 4.69) is 5.32 Å². The smallest absolute Gasteiger partial charge is 0.338 e. The van der Waals surface area contributed by atoms with Crippen LogP contribution >= 0.6 is 0 Å². The van der Waals surface area contributed by atoms with E-state index in [4.69, 9.17) is 0 Å². The van der Waals surface area contributed by atoms with E-state index in [-0.39, 0.29) is 12.5 Å². The normalized spacial score (nSPS) is 11.5. The van der Waals surface area contributed by atoms with Gasteiger partial charge in [-0.3, -0.25) is 0 Å². The molecule has 2 N–H and O–H groups in total. The van der Waals surface area contributed by atoms with Crippen molar-refractivity contribution in [1.29, 1.82) is 0 Å². The summed E-state index contributed by atoms with van der Waals surface area (Å²) in [6.45, 7) is 3.80. The van der Waals surface area contributed by atoms with Crippen LogP contribution in [0.2, 0.25) is 0 Å². The molecule has 0 atom stereocenters. The van der Waals surface area contributed by atoms with Crippen molar-refractivity contribution in [2.24, 2.45) is 5.92 Å². The van der Waals surface area contributed by atoms with E-state index < -0.39 is 12.3 Å². The molecule has 0 aliphatic heterocycles. The van der Waals surface area contributed by atoms with Crippen molar-refractivity contribution in [1.82, 2.24) is 10.6 Å². The Hall–Kier alpha value is -0.940. The molecule has 0 rings (SSSR count). The fourth-order valence-corrected chi connectivity index (χ4v) is 0.470. The van der Waals surface area contributed by atoms with Crippen molar-refractivity contribution < 1.29 is 18.0 Å². The monoisotopic (exact) mass is 184 g/mol. The highest BCUT2D eigenvalue weighted by Gasteiger charge is 2.29. The largest absolute Gasteiger partial charge is 0.485 e. The van der Waals surface area contributed by atoms with Crippen LogP contribution in [0.4, 0.5) is 18.0 Å². The predicted molar refractivity (Wildman–Crippen MR) is 37.4 cm³/mol. The zero-order valence-corrected chi connectivity index (χ0v) is 6.83. The lowest BCUT2D eigenvalue weighted by atomic mass is 10.2. The first-order valence-electron chi connectivity index (χ1n) is 3.44. The third-order valence-corrected chi connectivity index (χ3v) is 0.926. The molecule has 0 spiro atoms. The van der Waals surface area contributed by atoms with Crippen molar-refractivity contribution in [2.45, 2.75) is 20.1 Å².